The highest BCUT2D eigenvalue weighted by atomic mass is 32.1. The van der Waals surface area contributed by atoms with Crippen molar-refractivity contribution in [3.63, 3.8) is 0 Å². The van der Waals surface area contributed by atoms with E-state index in [1.807, 2.05) is 26.0 Å². The Hall–Kier alpha value is -1.92. The van der Waals surface area contributed by atoms with Crippen LogP contribution in [0, 0.1) is 19.3 Å². The predicted molar refractivity (Wildman–Crippen MR) is 84.1 cm³/mol. The Morgan fingerprint density at radius 1 is 1.24 bits per heavy atom. The van der Waals surface area contributed by atoms with E-state index >= 15 is 0 Å². The molecule has 1 aromatic heterocycles. The quantitative estimate of drug-likeness (QED) is 0.635. The van der Waals surface area contributed by atoms with Crippen molar-refractivity contribution in [1.82, 2.24) is 4.98 Å². The first kappa shape index (κ1) is 15.5. The molecule has 2 rings (SSSR count). The number of nitrogens with zero attached hydrogens (tertiary/aromatic N) is 1. The summed E-state index contributed by atoms with van der Waals surface area (Å²) in [5, 5.41) is 8.36. The minimum atomic E-state index is 0.0113. The highest BCUT2D eigenvalue weighted by molar-refractivity contribution is 7.13. The topological polar surface area (TPSA) is 81.2 Å². The lowest BCUT2D eigenvalue weighted by Crippen LogP contribution is -2.11. The van der Waals surface area contributed by atoms with Gasteiger partial charge in [-0.2, -0.15) is 0 Å². The van der Waals surface area contributed by atoms with Crippen LogP contribution in [0.1, 0.15) is 26.7 Å². The van der Waals surface area contributed by atoms with Crippen LogP contribution in [-0.2, 0) is 18.0 Å². The first-order chi connectivity index (χ1) is 9.99. The predicted octanol–water partition coefficient (Wildman–Crippen LogP) is 2.77. The van der Waals surface area contributed by atoms with Gasteiger partial charge in [-0.3, -0.25) is 5.41 Å². The minimum absolute atomic E-state index is 0.0113. The number of hydrogen-bond donors (Lipinski definition) is 2. The molecule has 0 fully saturated rings. The number of nitrogen functional groups attached to an aromatic ring is 1. The van der Waals surface area contributed by atoms with Gasteiger partial charge in [0.1, 0.15) is 23.2 Å². The molecule has 0 atom stereocenters. The molecule has 21 heavy (non-hydrogen) atoms. The van der Waals surface area contributed by atoms with Crippen LogP contribution in [0.4, 0.5) is 0 Å². The number of rotatable bonds is 6. The lowest BCUT2D eigenvalue weighted by Gasteiger charge is -2.06. The molecule has 0 amide bonds. The molecule has 5 nitrogen and oxygen atoms in total. The monoisotopic (exact) mass is 305 g/mol. The maximum Gasteiger partial charge on any atom is 0.140 e. The van der Waals surface area contributed by atoms with E-state index in [0.717, 1.165) is 21.9 Å². The highest BCUT2D eigenvalue weighted by Crippen LogP contribution is 2.22. The second-order valence-corrected chi connectivity index (χ2v) is 5.93. The van der Waals surface area contributed by atoms with Crippen molar-refractivity contribution in [1.29, 1.82) is 5.41 Å². The van der Waals surface area contributed by atoms with Crippen molar-refractivity contribution in [2.24, 2.45) is 5.73 Å². The van der Waals surface area contributed by atoms with Crippen molar-refractivity contribution < 1.29 is 9.47 Å². The first-order valence-corrected chi connectivity index (χ1v) is 7.34. The molecule has 112 valence electrons. The summed E-state index contributed by atoms with van der Waals surface area (Å²) in [5.74, 6) is 0.831. The number of aryl methyl sites for hydroxylation is 2. The highest BCUT2D eigenvalue weighted by Gasteiger charge is 2.14. The van der Waals surface area contributed by atoms with E-state index in [1.165, 1.54) is 11.3 Å². The first-order valence-electron chi connectivity index (χ1n) is 6.52. The second-order valence-electron chi connectivity index (χ2n) is 4.84. The van der Waals surface area contributed by atoms with Gasteiger partial charge in [0.15, 0.2) is 0 Å². The van der Waals surface area contributed by atoms with Gasteiger partial charge in [-0.1, -0.05) is 6.07 Å². The second kappa shape index (κ2) is 6.69. The molecule has 3 N–H and O–H groups in total. The Kier molecular flexibility index (Phi) is 4.93. The van der Waals surface area contributed by atoms with Crippen LogP contribution < -0.4 is 10.5 Å². The van der Waals surface area contributed by atoms with Gasteiger partial charge in [0, 0.05) is 7.11 Å². The summed E-state index contributed by atoms with van der Waals surface area (Å²) in [7, 11) is 1.59. The fraction of sp³-hybridized carbons (Fsp3) is 0.333. The van der Waals surface area contributed by atoms with Crippen LogP contribution >= 0.6 is 11.3 Å². The van der Waals surface area contributed by atoms with E-state index in [1.54, 1.807) is 7.11 Å². The smallest absolute Gasteiger partial charge is 0.140 e. The Labute approximate surface area is 128 Å². The summed E-state index contributed by atoms with van der Waals surface area (Å²) in [6, 6.07) is 6.08. The maximum atomic E-state index is 7.57. The molecule has 1 aromatic carbocycles. The summed E-state index contributed by atoms with van der Waals surface area (Å²) >= 11 is 1.37. The van der Waals surface area contributed by atoms with Crippen LogP contribution in [-0.4, -0.2) is 17.9 Å². The molecule has 2 aromatic rings. The van der Waals surface area contributed by atoms with Gasteiger partial charge in [0.25, 0.3) is 0 Å². The number of benzene rings is 1. The molecule has 0 spiro atoms. The van der Waals surface area contributed by atoms with Gasteiger partial charge < -0.3 is 15.2 Å². The van der Waals surface area contributed by atoms with Crippen LogP contribution in [0.15, 0.2) is 18.2 Å². The Balaban J connectivity index is 2.12. The van der Waals surface area contributed by atoms with E-state index in [9.17, 15) is 0 Å². The number of methoxy groups -OCH3 is 1. The molecule has 0 saturated carbocycles. The molecule has 1 heterocycles. The average Bonchev–Trinajstić information content (AvgIpc) is 2.79. The summed E-state index contributed by atoms with van der Waals surface area (Å²) < 4.78 is 10.9. The van der Waals surface area contributed by atoms with Crippen LogP contribution in [0.3, 0.4) is 0 Å². The van der Waals surface area contributed by atoms with Crippen LogP contribution in [0.5, 0.6) is 5.75 Å². The number of nitrogens with one attached hydrogen (secondary N) is 1. The van der Waals surface area contributed by atoms with Crippen LogP contribution in [0.2, 0.25) is 0 Å². The number of amidine groups is 1. The summed E-state index contributed by atoms with van der Waals surface area (Å²) in [4.78, 5) is 5.08. The zero-order valence-electron chi connectivity index (χ0n) is 12.4. The summed E-state index contributed by atoms with van der Waals surface area (Å²) in [5.41, 5.74) is 8.57. The number of thiazole rings is 1. The van der Waals surface area contributed by atoms with Crippen molar-refractivity contribution in [2.75, 3.05) is 7.11 Å². The molecule has 0 radical (unpaired) electrons. The van der Waals surface area contributed by atoms with Crippen molar-refractivity contribution in [2.45, 2.75) is 27.1 Å². The van der Waals surface area contributed by atoms with E-state index in [-0.39, 0.29) is 5.84 Å². The van der Waals surface area contributed by atoms with Crippen molar-refractivity contribution in [3.05, 3.63) is 44.9 Å². The summed E-state index contributed by atoms with van der Waals surface area (Å²) in [6.07, 6.45) is 0. The molecule has 0 aliphatic carbocycles. The lowest BCUT2D eigenvalue weighted by atomic mass is 10.1. The van der Waals surface area contributed by atoms with Gasteiger partial charge in [-0.15, -0.1) is 11.3 Å². The SMILES string of the molecule is COCc1nc(COc2cc(C)cc(C)c2)sc1C(=N)N. The Morgan fingerprint density at radius 2 is 1.90 bits per heavy atom. The standard InChI is InChI=1S/C15H19N3O2S/c1-9-4-10(2)6-11(5-9)20-8-13-18-12(7-19-3)14(21-13)15(16)17/h4-6H,7-8H2,1-3H3,(H3,16,17). The molecular formula is C15H19N3O2S. The fourth-order valence-corrected chi connectivity index (χ4v) is 2.91. The molecular weight excluding hydrogens is 286 g/mol. The minimum Gasteiger partial charge on any atom is -0.486 e. The third kappa shape index (κ3) is 4.03. The number of aromatic nitrogens is 1. The van der Waals surface area contributed by atoms with Gasteiger partial charge in [0.05, 0.1) is 17.2 Å². The van der Waals surface area contributed by atoms with Gasteiger partial charge in [-0.05, 0) is 37.1 Å². The fourth-order valence-electron chi connectivity index (χ4n) is 2.07. The van der Waals surface area contributed by atoms with Gasteiger partial charge in [0.2, 0.25) is 0 Å². The Morgan fingerprint density at radius 3 is 2.48 bits per heavy atom. The van der Waals surface area contributed by atoms with Gasteiger partial charge >= 0.3 is 0 Å². The largest absolute Gasteiger partial charge is 0.486 e. The third-order valence-corrected chi connectivity index (χ3v) is 3.93. The van der Waals surface area contributed by atoms with E-state index < -0.39 is 0 Å². The summed E-state index contributed by atoms with van der Waals surface area (Å²) in [6.45, 7) is 4.77. The number of nitrogens with two attached hydrogens (primary N) is 1. The number of ether oxygens (including phenoxy) is 2. The van der Waals surface area contributed by atoms with Crippen molar-refractivity contribution in [3.8, 4) is 5.75 Å². The molecule has 6 heteroatoms. The Bertz CT molecular complexity index is 632. The average molecular weight is 305 g/mol. The maximum absolute atomic E-state index is 7.57. The van der Waals surface area contributed by atoms with Crippen molar-refractivity contribution >= 4 is 17.2 Å². The number of hydrogen-bond acceptors (Lipinski definition) is 5. The van der Waals surface area contributed by atoms with E-state index in [4.69, 9.17) is 20.6 Å². The van der Waals surface area contributed by atoms with E-state index in [2.05, 4.69) is 11.1 Å². The normalized spacial score (nSPS) is 10.6. The van der Waals surface area contributed by atoms with Crippen LogP contribution in [0.25, 0.3) is 0 Å². The molecule has 0 unspecified atom stereocenters. The molecule has 0 saturated heterocycles. The van der Waals surface area contributed by atoms with Gasteiger partial charge in [-0.25, -0.2) is 4.98 Å². The molecule has 0 bridgehead atoms. The lowest BCUT2D eigenvalue weighted by molar-refractivity contribution is 0.181. The molecule has 0 aliphatic rings. The third-order valence-electron chi connectivity index (χ3n) is 2.82. The zero-order chi connectivity index (χ0) is 15.4. The van der Waals surface area contributed by atoms with E-state index in [0.29, 0.717) is 23.8 Å². The molecule has 0 aliphatic heterocycles. The zero-order valence-corrected chi connectivity index (χ0v) is 13.2.